The number of benzene rings is 5. The second kappa shape index (κ2) is 12.1. The third kappa shape index (κ3) is 5.31. The molecule has 5 aromatic carbocycles. The van der Waals surface area contributed by atoms with Gasteiger partial charge in [-0.1, -0.05) is 146 Å². The van der Waals surface area contributed by atoms with Gasteiger partial charge in [-0.15, -0.1) is 0 Å². The van der Waals surface area contributed by atoms with Crippen LogP contribution in [0.5, 0.6) is 0 Å². The standard InChI is InChI=1S/C42H35N2/c1-43-39(31-17-7-3-8-18-31)27-35(28-40(43)32-19-9-4-10-20-32)37-25-15-16-26-38(37)36-29-41(33-21-11-5-12-22-33)44(2)42(30-36)34-23-13-6-14-24-34/h3-30,35H,1-2H3. The van der Waals surface area contributed by atoms with Crippen LogP contribution in [0.25, 0.3) is 22.7 Å². The Morgan fingerprint density at radius 1 is 0.409 bits per heavy atom. The first-order chi connectivity index (χ1) is 21.7. The highest BCUT2D eigenvalue weighted by Crippen LogP contribution is 2.43. The minimum Gasteiger partial charge on any atom is -0.358 e. The molecule has 0 fully saturated rings. The highest BCUT2D eigenvalue weighted by atomic mass is 15.1. The summed E-state index contributed by atoms with van der Waals surface area (Å²) in [5.74, 6) is 0.0853. The van der Waals surface area contributed by atoms with Crippen LogP contribution >= 0.6 is 0 Å². The summed E-state index contributed by atoms with van der Waals surface area (Å²) in [5, 5.41) is 0. The fourth-order valence-corrected chi connectivity index (χ4v) is 6.36. The molecule has 0 N–H and O–H groups in total. The largest absolute Gasteiger partial charge is 0.358 e. The zero-order chi connectivity index (χ0) is 29.9. The molecule has 2 aliphatic heterocycles. The van der Waals surface area contributed by atoms with Gasteiger partial charge in [-0.05, 0) is 63.3 Å². The van der Waals surface area contributed by atoms with Crippen LogP contribution in [0.1, 0.15) is 39.3 Å². The molecule has 44 heavy (non-hydrogen) atoms. The van der Waals surface area contributed by atoms with E-state index < -0.39 is 0 Å². The Balaban J connectivity index is 1.40. The molecule has 5 aromatic rings. The van der Waals surface area contributed by atoms with E-state index in [-0.39, 0.29) is 5.92 Å². The highest BCUT2D eigenvalue weighted by molar-refractivity contribution is 5.90. The third-order valence-electron chi connectivity index (χ3n) is 8.61. The number of rotatable bonds is 6. The van der Waals surface area contributed by atoms with E-state index in [1.807, 2.05) is 0 Å². The second-order valence-electron chi connectivity index (χ2n) is 11.3. The van der Waals surface area contributed by atoms with Gasteiger partial charge in [0.25, 0.3) is 0 Å². The van der Waals surface area contributed by atoms with E-state index in [1.54, 1.807) is 0 Å². The Bertz CT molecular complexity index is 1810. The second-order valence-corrected chi connectivity index (χ2v) is 11.3. The third-order valence-corrected chi connectivity index (χ3v) is 8.61. The van der Waals surface area contributed by atoms with E-state index in [4.69, 9.17) is 0 Å². The molecular formula is C42H35N2. The molecule has 0 bridgehead atoms. The molecular weight excluding hydrogens is 532 g/mol. The number of allylic oxidation sites excluding steroid dienone is 4. The lowest BCUT2D eigenvalue weighted by Crippen LogP contribution is -2.26. The van der Waals surface area contributed by atoms with Crippen molar-refractivity contribution in [3.8, 4) is 0 Å². The first-order valence-corrected chi connectivity index (χ1v) is 15.2. The average Bonchev–Trinajstić information content (AvgIpc) is 3.10. The molecule has 0 unspecified atom stereocenters. The van der Waals surface area contributed by atoms with Gasteiger partial charge in [0.15, 0.2) is 0 Å². The zero-order valence-electron chi connectivity index (χ0n) is 25.1. The van der Waals surface area contributed by atoms with Gasteiger partial charge in [0, 0.05) is 37.1 Å². The lowest BCUT2D eigenvalue weighted by Gasteiger charge is -2.35. The van der Waals surface area contributed by atoms with Crippen molar-refractivity contribution >= 4 is 22.7 Å². The van der Waals surface area contributed by atoms with E-state index in [1.165, 1.54) is 62.1 Å². The van der Waals surface area contributed by atoms with Gasteiger partial charge in [0.2, 0.25) is 0 Å². The van der Waals surface area contributed by atoms with Crippen LogP contribution in [0.4, 0.5) is 0 Å². The van der Waals surface area contributed by atoms with Crippen LogP contribution in [-0.4, -0.2) is 23.9 Å². The van der Waals surface area contributed by atoms with Gasteiger partial charge in [-0.3, -0.25) is 0 Å². The van der Waals surface area contributed by atoms with Crippen LogP contribution in [0.15, 0.2) is 170 Å². The van der Waals surface area contributed by atoms with Crippen molar-refractivity contribution in [3.63, 3.8) is 0 Å². The van der Waals surface area contributed by atoms with Crippen molar-refractivity contribution < 1.29 is 0 Å². The van der Waals surface area contributed by atoms with Crippen LogP contribution < -0.4 is 0 Å². The smallest absolute Gasteiger partial charge is 0.116 e. The molecule has 1 radical (unpaired) electrons. The molecule has 0 aromatic heterocycles. The summed E-state index contributed by atoms with van der Waals surface area (Å²) >= 11 is 0. The van der Waals surface area contributed by atoms with E-state index in [0.717, 1.165) is 0 Å². The lowest BCUT2D eigenvalue weighted by molar-refractivity contribution is 0.546. The molecule has 213 valence electrons. The van der Waals surface area contributed by atoms with Crippen molar-refractivity contribution in [2.45, 2.75) is 5.92 Å². The summed E-state index contributed by atoms with van der Waals surface area (Å²) in [5.41, 5.74) is 12.2. The van der Waals surface area contributed by atoms with E-state index in [9.17, 15) is 0 Å². The molecule has 0 spiro atoms. The van der Waals surface area contributed by atoms with E-state index in [2.05, 4.69) is 194 Å². The molecule has 0 amide bonds. The van der Waals surface area contributed by atoms with E-state index in [0.29, 0.717) is 0 Å². The number of nitrogens with zero attached hydrogens (tertiary/aromatic N) is 2. The van der Waals surface area contributed by atoms with Crippen LogP contribution in [0.2, 0.25) is 0 Å². The minimum absolute atomic E-state index is 0.0853. The predicted octanol–water partition coefficient (Wildman–Crippen LogP) is 9.75. The maximum absolute atomic E-state index is 2.42. The number of hydrogen-bond donors (Lipinski definition) is 0. The summed E-state index contributed by atoms with van der Waals surface area (Å²) < 4.78 is 0. The molecule has 2 aliphatic rings. The molecule has 0 atom stereocenters. The highest BCUT2D eigenvalue weighted by Gasteiger charge is 2.28. The van der Waals surface area contributed by atoms with Crippen molar-refractivity contribution in [1.29, 1.82) is 0 Å². The molecule has 0 saturated carbocycles. The zero-order valence-corrected chi connectivity index (χ0v) is 25.1. The van der Waals surface area contributed by atoms with Gasteiger partial charge in [-0.25, -0.2) is 0 Å². The first kappa shape index (κ1) is 27.5. The van der Waals surface area contributed by atoms with E-state index >= 15 is 0 Å². The van der Waals surface area contributed by atoms with Gasteiger partial charge < -0.3 is 9.80 Å². The normalized spacial score (nSPS) is 15.8. The Hall–Kier alpha value is -5.34. The molecule has 0 aliphatic carbocycles. The number of hydrogen-bond acceptors (Lipinski definition) is 2. The summed E-state index contributed by atoms with van der Waals surface area (Å²) in [7, 11) is 4.34. The van der Waals surface area contributed by atoms with Crippen molar-refractivity contribution in [3.05, 3.63) is 209 Å². The topological polar surface area (TPSA) is 6.48 Å². The monoisotopic (exact) mass is 567 g/mol. The fraction of sp³-hybridized carbons (Fsp3) is 0.0714. The summed E-state index contributed by atoms with van der Waals surface area (Å²) in [6, 6.07) is 52.9. The minimum atomic E-state index is 0.0853. The Kier molecular flexibility index (Phi) is 7.56. The molecule has 2 nitrogen and oxygen atoms in total. The maximum Gasteiger partial charge on any atom is 0.116 e. The molecule has 0 saturated heterocycles. The Morgan fingerprint density at radius 3 is 1.36 bits per heavy atom. The Labute approximate surface area is 261 Å². The number of likely N-dealkylation sites (N-methyl/N-ethyl adjacent to an activating group) is 1. The van der Waals surface area contributed by atoms with Crippen LogP contribution in [-0.2, 0) is 0 Å². The van der Waals surface area contributed by atoms with Crippen LogP contribution in [0.3, 0.4) is 0 Å². The van der Waals surface area contributed by atoms with Gasteiger partial charge in [0.05, 0.1) is 0 Å². The fourth-order valence-electron chi connectivity index (χ4n) is 6.36. The van der Waals surface area contributed by atoms with Crippen molar-refractivity contribution in [2.24, 2.45) is 0 Å². The van der Waals surface area contributed by atoms with Crippen LogP contribution in [0, 0.1) is 6.04 Å². The SMILES string of the molecule is CN1[C](c2ccccc2)C=C(c2ccccc2C2C=C(c3ccccc3)N(C)C(c3ccccc3)=C2)C=C1c1ccccc1. The molecule has 2 heteroatoms. The van der Waals surface area contributed by atoms with Gasteiger partial charge >= 0.3 is 0 Å². The maximum atomic E-state index is 2.42. The summed E-state index contributed by atoms with van der Waals surface area (Å²) in [4.78, 5) is 4.64. The summed E-state index contributed by atoms with van der Waals surface area (Å²) in [6.07, 6.45) is 9.53. The molecule has 2 heterocycles. The average molecular weight is 568 g/mol. The quantitative estimate of drug-likeness (QED) is 0.202. The van der Waals surface area contributed by atoms with Gasteiger partial charge in [0.1, 0.15) is 6.04 Å². The lowest BCUT2D eigenvalue weighted by atomic mass is 9.83. The molecule has 7 rings (SSSR count). The van der Waals surface area contributed by atoms with Gasteiger partial charge in [-0.2, -0.15) is 0 Å². The Morgan fingerprint density at radius 2 is 0.841 bits per heavy atom. The predicted molar refractivity (Wildman–Crippen MR) is 185 cm³/mol. The summed E-state index contributed by atoms with van der Waals surface area (Å²) in [6.45, 7) is 0. The van der Waals surface area contributed by atoms with Crippen molar-refractivity contribution in [2.75, 3.05) is 14.1 Å². The first-order valence-electron chi connectivity index (χ1n) is 15.2. The van der Waals surface area contributed by atoms with Crippen molar-refractivity contribution in [1.82, 2.24) is 9.80 Å².